The van der Waals surface area contributed by atoms with E-state index in [1.54, 1.807) is 36.4 Å². The SMILES string of the molecule is CC1SC(=O)NN=C1c1ccc(NC(=O)c2nnc(Nc3ccccc3F)o2)cc1. The lowest BCUT2D eigenvalue weighted by Crippen LogP contribution is -2.29. The summed E-state index contributed by atoms with van der Waals surface area (Å²) in [5.41, 5.74) is 4.65. The van der Waals surface area contributed by atoms with E-state index >= 15 is 0 Å². The lowest BCUT2D eigenvalue weighted by molar-refractivity contribution is 0.0991. The van der Waals surface area contributed by atoms with E-state index in [2.05, 4.69) is 31.4 Å². The van der Waals surface area contributed by atoms with E-state index in [9.17, 15) is 14.0 Å². The van der Waals surface area contributed by atoms with Gasteiger partial charge in [-0.15, -0.1) is 5.10 Å². The maximum atomic E-state index is 13.7. The van der Waals surface area contributed by atoms with Gasteiger partial charge in [0, 0.05) is 5.69 Å². The van der Waals surface area contributed by atoms with Crippen LogP contribution in [-0.2, 0) is 0 Å². The Hall–Kier alpha value is -3.73. The average Bonchev–Trinajstić information content (AvgIpc) is 3.19. The van der Waals surface area contributed by atoms with Crippen LogP contribution in [0, 0.1) is 5.82 Å². The Kier molecular flexibility index (Phi) is 5.44. The van der Waals surface area contributed by atoms with Crippen molar-refractivity contribution in [2.45, 2.75) is 12.2 Å². The van der Waals surface area contributed by atoms with Crippen molar-refractivity contribution in [3.63, 3.8) is 0 Å². The molecule has 0 radical (unpaired) electrons. The van der Waals surface area contributed by atoms with Crippen LogP contribution in [0.5, 0.6) is 0 Å². The minimum Gasteiger partial charge on any atom is -0.399 e. The number of halogens is 1. The van der Waals surface area contributed by atoms with Crippen molar-refractivity contribution in [1.29, 1.82) is 0 Å². The van der Waals surface area contributed by atoms with Gasteiger partial charge in [0.05, 0.1) is 16.6 Å². The van der Waals surface area contributed by atoms with Gasteiger partial charge < -0.3 is 15.1 Å². The van der Waals surface area contributed by atoms with E-state index in [1.807, 2.05) is 6.92 Å². The zero-order chi connectivity index (χ0) is 21.1. The molecule has 1 atom stereocenters. The smallest absolute Gasteiger partial charge is 0.320 e. The van der Waals surface area contributed by atoms with Gasteiger partial charge in [0.2, 0.25) is 0 Å². The Morgan fingerprint density at radius 3 is 2.67 bits per heavy atom. The van der Waals surface area contributed by atoms with Crippen molar-refractivity contribution in [2.75, 3.05) is 10.6 Å². The number of nitrogens with zero attached hydrogens (tertiary/aromatic N) is 3. The number of hydrogen-bond donors (Lipinski definition) is 3. The largest absolute Gasteiger partial charge is 0.399 e. The van der Waals surface area contributed by atoms with E-state index in [0.29, 0.717) is 5.69 Å². The van der Waals surface area contributed by atoms with Gasteiger partial charge in [-0.2, -0.15) is 5.10 Å². The van der Waals surface area contributed by atoms with Crippen molar-refractivity contribution in [2.24, 2.45) is 5.10 Å². The normalized spacial score (nSPS) is 15.9. The lowest BCUT2D eigenvalue weighted by atomic mass is 10.1. The number of thioether (sulfide) groups is 1. The topological polar surface area (TPSA) is 122 Å². The second-order valence-electron chi connectivity index (χ2n) is 6.21. The molecule has 0 saturated carbocycles. The molecule has 11 heteroatoms. The summed E-state index contributed by atoms with van der Waals surface area (Å²) >= 11 is 1.15. The minimum atomic E-state index is -0.608. The summed E-state index contributed by atoms with van der Waals surface area (Å²) in [6.45, 7) is 1.89. The van der Waals surface area contributed by atoms with Gasteiger partial charge in [0.1, 0.15) is 5.82 Å². The molecule has 4 rings (SSSR count). The number of hydrogen-bond acceptors (Lipinski definition) is 8. The van der Waals surface area contributed by atoms with Gasteiger partial charge >= 0.3 is 17.8 Å². The molecule has 3 aromatic rings. The minimum absolute atomic E-state index is 0.0852. The summed E-state index contributed by atoms with van der Waals surface area (Å²) in [4.78, 5) is 23.7. The third-order valence-electron chi connectivity index (χ3n) is 4.11. The monoisotopic (exact) mass is 426 g/mol. The predicted molar refractivity (Wildman–Crippen MR) is 110 cm³/mol. The van der Waals surface area contributed by atoms with E-state index in [1.165, 1.54) is 12.1 Å². The maximum absolute atomic E-state index is 13.7. The first-order chi connectivity index (χ1) is 14.5. The Labute approximate surface area is 174 Å². The summed E-state index contributed by atoms with van der Waals surface area (Å²) in [5, 5.41) is 16.4. The van der Waals surface area contributed by atoms with Crippen LogP contribution in [0.4, 0.5) is 26.6 Å². The van der Waals surface area contributed by atoms with Crippen LogP contribution >= 0.6 is 11.8 Å². The first-order valence-electron chi connectivity index (χ1n) is 8.80. The molecule has 2 amide bonds. The fourth-order valence-electron chi connectivity index (χ4n) is 2.69. The van der Waals surface area contributed by atoms with Gasteiger partial charge in [-0.25, -0.2) is 9.82 Å². The van der Waals surface area contributed by atoms with Crippen molar-refractivity contribution in [3.8, 4) is 0 Å². The number of rotatable bonds is 5. The Balaban J connectivity index is 1.41. The number of carbonyl (C=O) groups excluding carboxylic acids is 2. The van der Waals surface area contributed by atoms with Crippen LogP contribution in [0.3, 0.4) is 0 Å². The molecular weight excluding hydrogens is 411 g/mol. The Morgan fingerprint density at radius 1 is 1.17 bits per heavy atom. The number of carbonyl (C=O) groups is 2. The van der Waals surface area contributed by atoms with Crippen molar-refractivity contribution >= 4 is 46.0 Å². The molecule has 2 aromatic carbocycles. The number of amides is 2. The van der Waals surface area contributed by atoms with Crippen LogP contribution in [-0.4, -0.2) is 32.3 Å². The third kappa shape index (κ3) is 4.30. The number of nitrogens with one attached hydrogen (secondary N) is 3. The van der Waals surface area contributed by atoms with Gasteiger partial charge in [-0.3, -0.25) is 9.59 Å². The van der Waals surface area contributed by atoms with E-state index < -0.39 is 11.7 Å². The highest BCUT2D eigenvalue weighted by molar-refractivity contribution is 8.14. The van der Waals surface area contributed by atoms with E-state index in [-0.39, 0.29) is 28.1 Å². The molecule has 1 unspecified atom stereocenters. The number of anilines is 3. The van der Waals surface area contributed by atoms with Crippen LogP contribution in [0.15, 0.2) is 58.0 Å². The lowest BCUT2D eigenvalue weighted by Gasteiger charge is -2.18. The molecule has 0 aliphatic carbocycles. The molecular formula is C19H15FN6O3S. The highest BCUT2D eigenvalue weighted by Crippen LogP contribution is 2.23. The van der Waals surface area contributed by atoms with Crippen LogP contribution in [0.2, 0.25) is 0 Å². The number of aromatic nitrogens is 2. The zero-order valence-electron chi connectivity index (χ0n) is 15.5. The van der Waals surface area contributed by atoms with Crippen LogP contribution in [0.1, 0.15) is 23.2 Å². The molecule has 30 heavy (non-hydrogen) atoms. The molecule has 2 heterocycles. The summed E-state index contributed by atoms with van der Waals surface area (Å²) in [7, 11) is 0. The molecule has 152 valence electrons. The number of benzene rings is 2. The van der Waals surface area contributed by atoms with Crippen molar-refractivity contribution in [1.82, 2.24) is 15.6 Å². The van der Waals surface area contributed by atoms with Gasteiger partial charge in [-0.05, 0) is 36.8 Å². The fourth-order valence-corrected chi connectivity index (χ4v) is 3.41. The standard InChI is InChI=1S/C19H15FN6O3S/c1-10-15(23-26-19(28)30-10)11-6-8-12(9-7-11)21-16(27)17-24-25-18(29-17)22-14-5-3-2-4-13(14)20/h2-10H,1H3,(H,21,27)(H,22,25)(H,26,28). The van der Waals surface area contributed by atoms with Gasteiger partial charge in [0.25, 0.3) is 5.24 Å². The number of hydrazone groups is 1. The first-order valence-corrected chi connectivity index (χ1v) is 9.68. The van der Waals surface area contributed by atoms with Gasteiger partial charge in [0.15, 0.2) is 0 Å². The average molecular weight is 426 g/mol. The molecule has 0 spiro atoms. The second kappa shape index (κ2) is 8.33. The van der Waals surface area contributed by atoms with E-state index in [4.69, 9.17) is 4.42 Å². The molecule has 0 saturated heterocycles. The summed E-state index contributed by atoms with van der Waals surface area (Å²) in [5.74, 6) is -1.37. The summed E-state index contributed by atoms with van der Waals surface area (Å²) in [6.07, 6.45) is 0. The second-order valence-corrected chi connectivity index (χ2v) is 7.52. The molecule has 1 aromatic heterocycles. The fraction of sp³-hybridized carbons (Fsp3) is 0.105. The maximum Gasteiger partial charge on any atom is 0.320 e. The highest BCUT2D eigenvalue weighted by atomic mass is 32.2. The van der Waals surface area contributed by atoms with Crippen molar-refractivity contribution in [3.05, 3.63) is 65.8 Å². The van der Waals surface area contributed by atoms with Crippen molar-refractivity contribution < 1.29 is 18.4 Å². The van der Waals surface area contributed by atoms with Crippen LogP contribution in [0.25, 0.3) is 0 Å². The molecule has 9 nitrogen and oxygen atoms in total. The van der Waals surface area contributed by atoms with E-state index in [0.717, 1.165) is 23.0 Å². The first kappa shape index (κ1) is 19.6. The summed E-state index contributed by atoms with van der Waals surface area (Å²) < 4.78 is 18.9. The molecule has 0 fully saturated rings. The third-order valence-corrected chi connectivity index (χ3v) is 4.99. The van der Waals surface area contributed by atoms with Gasteiger partial charge in [-0.1, -0.05) is 41.1 Å². The molecule has 0 bridgehead atoms. The number of para-hydroxylation sites is 1. The predicted octanol–water partition coefficient (Wildman–Crippen LogP) is 3.75. The molecule has 1 aliphatic heterocycles. The molecule has 1 aliphatic rings. The quantitative estimate of drug-likeness (QED) is 0.568. The zero-order valence-corrected chi connectivity index (χ0v) is 16.4. The van der Waals surface area contributed by atoms with Crippen LogP contribution < -0.4 is 16.1 Å². The highest BCUT2D eigenvalue weighted by Gasteiger charge is 2.22. The Bertz CT molecular complexity index is 1130. The molecule has 3 N–H and O–H groups in total. The Morgan fingerprint density at radius 2 is 1.93 bits per heavy atom. The summed E-state index contributed by atoms with van der Waals surface area (Å²) in [6, 6.07) is 12.8.